The summed E-state index contributed by atoms with van der Waals surface area (Å²) in [4.78, 5) is 1.02. The Balaban J connectivity index is 1.86. The zero-order valence-corrected chi connectivity index (χ0v) is 13.6. The third-order valence-corrected chi connectivity index (χ3v) is 5.91. The van der Waals surface area contributed by atoms with E-state index in [-0.39, 0.29) is 0 Å². The number of rotatable bonds is 9. The number of thiophene rings is 1. The van der Waals surface area contributed by atoms with Crippen LogP contribution in [0, 0.1) is 0 Å². The summed E-state index contributed by atoms with van der Waals surface area (Å²) in [6, 6.07) is 7.13. The van der Waals surface area contributed by atoms with Gasteiger partial charge in [0.1, 0.15) is 9.97 Å². The van der Waals surface area contributed by atoms with E-state index in [4.69, 9.17) is 4.42 Å². The van der Waals surface area contributed by atoms with E-state index in [0.717, 1.165) is 23.6 Å². The first-order valence-corrected chi connectivity index (χ1v) is 9.23. The van der Waals surface area contributed by atoms with Crippen LogP contribution in [0.2, 0.25) is 0 Å². The molecule has 0 aromatic carbocycles. The standard InChI is InChI=1S/C14H20N2O3S2/c1-2-8-15-11-13-5-6-14(20-13)21(17,18)16-9-7-12-4-3-10-19-12/h3-6,10,15-16H,2,7-9,11H2,1H3. The van der Waals surface area contributed by atoms with Gasteiger partial charge in [-0.05, 0) is 37.2 Å². The van der Waals surface area contributed by atoms with Gasteiger partial charge in [0.25, 0.3) is 0 Å². The minimum atomic E-state index is -3.42. The highest BCUT2D eigenvalue weighted by atomic mass is 32.2. The first-order valence-electron chi connectivity index (χ1n) is 6.93. The summed E-state index contributed by atoms with van der Waals surface area (Å²) in [6.07, 6.45) is 3.19. The second kappa shape index (κ2) is 7.74. The normalized spacial score (nSPS) is 11.9. The zero-order valence-electron chi connectivity index (χ0n) is 12.0. The fraction of sp³-hybridized carbons (Fsp3) is 0.429. The first kappa shape index (κ1) is 16.2. The number of hydrogen-bond donors (Lipinski definition) is 2. The van der Waals surface area contributed by atoms with Gasteiger partial charge in [-0.2, -0.15) is 0 Å². The Morgan fingerprint density at radius 3 is 2.81 bits per heavy atom. The van der Waals surface area contributed by atoms with Gasteiger partial charge in [-0.1, -0.05) is 6.92 Å². The molecule has 2 aromatic rings. The Kier molecular flexibility index (Phi) is 5.98. The Bertz CT molecular complexity index is 633. The lowest BCUT2D eigenvalue weighted by molar-refractivity contribution is 0.506. The Hall–Kier alpha value is -1.15. The van der Waals surface area contributed by atoms with Gasteiger partial charge in [-0.3, -0.25) is 0 Å². The molecule has 0 atom stereocenters. The Labute approximate surface area is 129 Å². The van der Waals surface area contributed by atoms with Gasteiger partial charge < -0.3 is 9.73 Å². The summed E-state index contributed by atoms with van der Waals surface area (Å²) in [6.45, 7) is 4.07. The highest BCUT2D eigenvalue weighted by Crippen LogP contribution is 2.21. The molecule has 0 fully saturated rings. The summed E-state index contributed by atoms with van der Waals surface area (Å²) in [5.41, 5.74) is 0. The van der Waals surface area contributed by atoms with Crippen molar-refractivity contribution in [3.63, 3.8) is 0 Å². The predicted molar refractivity (Wildman–Crippen MR) is 83.9 cm³/mol. The number of hydrogen-bond acceptors (Lipinski definition) is 5. The molecule has 0 amide bonds. The fourth-order valence-corrected chi connectivity index (χ4v) is 4.22. The van der Waals surface area contributed by atoms with Crippen molar-refractivity contribution >= 4 is 21.4 Å². The third kappa shape index (κ3) is 4.96. The molecule has 0 radical (unpaired) electrons. The molecular formula is C14H20N2O3S2. The van der Waals surface area contributed by atoms with Crippen molar-refractivity contribution in [2.24, 2.45) is 0 Å². The van der Waals surface area contributed by atoms with Crippen LogP contribution in [-0.4, -0.2) is 21.5 Å². The lowest BCUT2D eigenvalue weighted by atomic mass is 10.3. The fourth-order valence-electron chi connectivity index (χ4n) is 1.82. The van der Waals surface area contributed by atoms with Crippen molar-refractivity contribution in [3.8, 4) is 0 Å². The van der Waals surface area contributed by atoms with Crippen LogP contribution in [0.3, 0.4) is 0 Å². The van der Waals surface area contributed by atoms with Gasteiger partial charge in [0.15, 0.2) is 0 Å². The molecule has 0 aliphatic rings. The van der Waals surface area contributed by atoms with E-state index in [1.54, 1.807) is 18.4 Å². The Morgan fingerprint density at radius 1 is 1.24 bits per heavy atom. The number of sulfonamides is 1. The van der Waals surface area contributed by atoms with E-state index in [2.05, 4.69) is 17.0 Å². The van der Waals surface area contributed by atoms with E-state index in [1.165, 1.54) is 11.3 Å². The van der Waals surface area contributed by atoms with Gasteiger partial charge in [0.05, 0.1) is 6.26 Å². The van der Waals surface area contributed by atoms with Crippen LogP contribution >= 0.6 is 11.3 Å². The molecule has 0 saturated heterocycles. The predicted octanol–water partition coefficient (Wildman–Crippen LogP) is 2.36. The molecule has 5 nitrogen and oxygen atoms in total. The molecule has 2 N–H and O–H groups in total. The van der Waals surface area contributed by atoms with Crippen LogP contribution in [0.1, 0.15) is 24.0 Å². The number of nitrogens with one attached hydrogen (secondary N) is 2. The summed E-state index contributed by atoms with van der Waals surface area (Å²) in [5, 5.41) is 3.26. The second-order valence-electron chi connectivity index (χ2n) is 4.62. The molecule has 0 bridgehead atoms. The monoisotopic (exact) mass is 328 g/mol. The quantitative estimate of drug-likeness (QED) is 0.693. The molecular weight excluding hydrogens is 308 g/mol. The van der Waals surface area contributed by atoms with Crippen molar-refractivity contribution < 1.29 is 12.8 Å². The maximum atomic E-state index is 12.2. The van der Waals surface area contributed by atoms with Crippen molar-refractivity contribution in [1.29, 1.82) is 0 Å². The van der Waals surface area contributed by atoms with E-state index >= 15 is 0 Å². The van der Waals surface area contributed by atoms with Crippen molar-refractivity contribution in [2.45, 2.75) is 30.5 Å². The molecule has 2 heterocycles. The molecule has 116 valence electrons. The molecule has 0 saturated carbocycles. The van der Waals surface area contributed by atoms with E-state index < -0.39 is 10.0 Å². The lowest BCUT2D eigenvalue weighted by Gasteiger charge is -2.03. The van der Waals surface area contributed by atoms with E-state index in [1.807, 2.05) is 12.1 Å². The Morgan fingerprint density at radius 2 is 2.10 bits per heavy atom. The van der Waals surface area contributed by atoms with Crippen LogP contribution in [0.5, 0.6) is 0 Å². The molecule has 2 rings (SSSR count). The van der Waals surface area contributed by atoms with Crippen LogP contribution in [0.4, 0.5) is 0 Å². The second-order valence-corrected chi connectivity index (χ2v) is 7.79. The van der Waals surface area contributed by atoms with Gasteiger partial charge in [-0.25, -0.2) is 13.1 Å². The average Bonchev–Trinajstić information content (AvgIpc) is 3.10. The molecule has 0 unspecified atom stereocenters. The molecule has 0 aliphatic heterocycles. The molecule has 0 spiro atoms. The molecule has 2 aromatic heterocycles. The minimum Gasteiger partial charge on any atom is -0.469 e. The highest BCUT2D eigenvalue weighted by Gasteiger charge is 2.16. The van der Waals surface area contributed by atoms with E-state index in [0.29, 0.717) is 23.7 Å². The minimum absolute atomic E-state index is 0.331. The van der Waals surface area contributed by atoms with Crippen LogP contribution in [0.15, 0.2) is 39.2 Å². The SMILES string of the molecule is CCCNCc1ccc(S(=O)(=O)NCCc2ccco2)s1. The van der Waals surface area contributed by atoms with Gasteiger partial charge in [0, 0.05) is 24.4 Å². The smallest absolute Gasteiger partial charge is 0.250 e. The molecule has 0 aliphatic carbocycles. The van der Waals surface area contributed by atoms with Gasteiger partial charge >= 0.3 is 0 Å². The van der Waals surface area contributed by atoms with Crippen molar-refractivity contribution in [2.75, 3.05) is 13.1 Å². The summed E-state index contributed by atoms with van der Waals surface area (Å²) in [5.74, 6) is 0.772. The van der Waals surface area contributed by atoms with Crippen molar-refractivity contribution in [3.05, 3.63) is 41.2 Å². The van der Waals surface area contributed by atoms with Gasteiger partial charge in [0.2, 0.25) is 10.0 Å². The average molecular weight is 328 g/mol. The largest absolute Gasteiger partial charge is 0.469 e. The summed E-state index contributed by atoms with van der Waals surface area (Å²) < 4.78 is 32.4. The molecule has 7 heteroatoms. The highest BCUT2D eigenvalue weighted by molar-refractivity contribution is 7.91. The maximum Gasteiger partial charge on any atom is 0.250 e. The third-order valence-electron chi connectivity index (χ3n) is 2.87. The summed E-state index contributed by atoms with van der Waals surface area (Å²) in [7, 11) is -3.42. The molecule has 21 heavy (non-hydrogen) atoms. The first-order chi connectivity index (χ1) is 10.1. The topological polar surface area (TPSA) is 71.3 Å². The van der Waals surface area contributed by atoms with Gasteiger partial charge in [-0.15, -0.1) is 11.3 Å². The van der Waals surface area contributed by atoms with Crippen LogP contribution < -0.4 is 10.0 Å². The van der Waals surface area contributed by atoms with E-state index in [9.17, 15) is 8.42 Å². The van der Waals surface area contributed by atoms with Crippen LogP contribution in [-0.2, 0) is 23.0 Å². The zero-order chi connectivity index (χ0) is 15.1. The lowest BCUT2D eigenvalue weighted by Crippen LogP contribution is -2.25. The summed E-state index contributed by atoms with van der Waals surface area (Å²) >= 11 is 1.30. The number of furan rings is 1. The maximum absolute atomic E-state index is 12.2. The van der Waals surface area contributed by atoms with Crippen molar-refractivity contribution in [1.82, 2.24) is 10.0 Å². The van der Waals surface area contributed by atoms with Crippen LogP contribution in [0.25, 0.3) is 0 Å².